The summed E-state index contributed by atoms with van der Waals surface area (Å²) in [6, 6.07) is 0. The van der Waals surface area contributed by atoms with Crippen LogP contribution >= 0.6 is 0 Å². The second-order valence-electron chi connectivity index (χ2n) is 6.38. The Morgan fingerprint density at radius 1 is 1.05 bits per heavy atom. The lowest BCUT2D eigenvalue weighted by molar-refractivity contribution is 0.397. The first-order valence-corrected chi connectivity index (χ1v) is 8.45. The molecule has 0 aromatic heterocycles. The number of hydrogen-bond acceptors (Lipinski definition) is 2. The Morgan fingerprint density at radius 3 is 1.89 bits per heavy atom. The predicted octanol–water partition coefficient (Wildman–Crippen LogP) is 3.69. The molecule has 19 heavy (non-hydrogen) atoms. The van der Waals surface area contributed by atoms with E-state index in [4.69, 9.17) is 0 Å². The molecule has 0 bridgehead atoms. The third kappa shape index (κ3) is 3.69. The van der Waals surface area contributed by atoms with Gasteiger partial charge in [0.15, 0.2) is 0 Å². The van der Waals surface area contributed by atoms with Gasteiger partial charge in [-0.2, -0.15) is 8.42 Å². The van der Waals surface area contributed by atoms with Crippen LogP contribution < -0.4 is 0 Å². The molecule has 0 saturated heterocycles. The van der Waals surface area contributed by atoms with Crippen molar-refractivity contribution in [2.75, 3.05) is 0 Å². The van der Waals surface area contributed by atoms with E-state index in [-0.39, 0.29) is 17.8 Å². The lowest BCUT2D eigenvalue weighted by Gasteiger charge is -2.34. The van der Waals surface area contributed by atoms with Crippen molar-refractivity contribution in [1.82, 2.24) is 0 Å². The molecule has 0 fully saturated rings. The van der Waals surface area contributed by atoms with Gasteiger partial charge >= 0.3 is 0 Å². The summed E-state index contributed by atoms with van der Waals surface area (Å²) < 4.78 is 33.2. The molecule has 0 amide bonds. The van der Waals surface area contributed by atoms with E-state index in [9.17, 15) is 13.0 Å². The molecular weight excluding hydrogens is 260 g/mol. The summed E-state index contributed by atoms with van der Waals surface area (Å²) in [7, 11) is -4.08. The summed E-state index contributed by atoms with van der Waals surface area (Å²) in [5.41, 5.74) is 2.00. The molecule has 0 unspecified atom stereocenters. The summed E-state index contributed by atoms with van der Waals surface area (Å²) in [5.74, 6) is 0.478. The highest BCUT2D eigenvalue weighted by atomic mass is 32.2. The molecule has 1 N–H and O–H groups in total. The SMILES string of the molecule is CC(C)C1=C[C@H](C(C)C)[C@@H](S(=O)(=O)O)C(C(C)C)=C1. The van der Waals surface area contributed by atoms with E-state index < -0.39 is 15.4 Å². The quantitative estimate of drug-likeness (QED) is 0.802. The molecule has 2 atom stereocenters. The highest BCUT2D eigenvalue weighted by Gasteiger charge is 2.39. The molecule has 0 aromatic rings. The fourth-order valence-corrected chi connectivity index (χ4v) is 4.10. The molecule has 0 spiro atoms. The van der Waals surface area contributed by atoms with Crippen molar-refractivity contribution in [1.29, 1.82) is 0 Å². The maximum atomic E-state index is 11.8. The third-order valence-corrected chi connectivity index (χ3v) is 5.05. The topological polar surface area (TPSA) is 54.4 Å². The zero-order valence-corrected chi connectivity index (χ0v) is 13.5. The van der Waals surface area contributed by atoms with Crippen molar-refractivity contribution >= 4 is 10.1 Å². The lowest BCUT2D eigenvalue weighted by atomic mass is 9.77. The maximum Gasteiger partial charge on any atom is 0.272 e. The van der Waals surface area contributed by atoms with Gasteiger partial charge < -0.3 is 0 Å². The van der Waals surface area contributed by atoms with E-state index in [0.717, 1.165) is 5.57 Å². The van der Waals surface area contributed by atoms with Crippen molar-refractivity contribution in [3.63, 3.8) is 0 Å². The van der Waals surface area contributed by atoms with Crippen LogP contribution in [0.3, 0.4) is 0 Å². The summed E-state index contributed by atoms with van der Waals surface area (Å²) >= 11 is 0. The van der Waals surface area contributed by atoms with Gasteiger partial charge in [-0.3, -0.25) is 4.55 Å². The summed E-state index contributed by atoms with van der Waals surface area (Å²) in [6.45, 7) is 12.2. The molecule has 4 heteroatoms. The Kier molecular flexibility index (Phi) is 5.02. The van der Waals surface area contributed by atoms with Crippen molar-refractivity contribution in [2.24, 2.45) is 23.7 Å². The van der Waals surface area contributed by atoms with Gasteiger partial charge in [0, 0.05) is 5.92 Å². The van der Waals surface area contributed by atoms with E-state index in [1.54, 1.807) is 0 Å². The fourth-order valence-electron chi connectivity index (χ4n) is 2.62. The molecule has 0 heterocycles. The minimum atomic E-state index is -4.08. The first-order chi connectivity index (χ1) is 8.55. The van der Waals surface area contributed by atoms with E-state index in [1.807, 2.05) is 39.8 Å². The van der Waals surface area contributed by atoms with Crippen LogP contribution in [-0.2, 0) is 10.1 Å². The largest absolute Gasteiger partial charge is 0.285 e. The zero-order valence-electron chi connectivity index (χ0n) is 12.7. The summed E-state index contributed by atoms with van der Waals surface area (Å²) in [6.07, 6.45) is 3.99. The van der Waals surface area contributed by atoms with E-state index in [1.165, 1.54) is 5.57 Å². The Labute approximate surface area is 117 Å². The highest BCUT2D eigenvalue weighted by molar-refractivity contribution is 7.86. The smallest absolute Gasteiger partial charge is 0.272 e. The highest BCUT2D eigenvalue weighted by Crippen LogP contribution is 2.38. The van der Waals surface area contributed by atoms with Crippen LogP contribution in [0.5, 0.6) is 0 Å². The average molecular weight is 286 g/mol. The number of rotatable bonds is 4. The van der Waals surface area contributed by atoms with E-state index >= 15 is 0 Å². The molecule has 0 aliphatic heterocycles. The van der Waals surface area contributed by atoms with Gasteiger partial charge in [-0.25, -0.2) is 0 Å². The second kappa shape index (κ2) is 5.80. The monoisotopic (exact) mass is 286 g/mol. The van der Waals surface area contributed by atoms with E-state index in [0.29, 0.717) is 5.92 Å². The molecule has 1 aliphatic carbocycles. The molecule has 3 nitrogen and oxygen atoms in total. The normalized spacial score (nSPS) is 24.9. The standard InChI is InChI=1S/C15H26O3S/c1-9(2)12-7-13(10(3)4)15(19(16,17)18)14(8-12)11(5)6/h7-11,13,15H,1-6H3,(H,16,17,18)/t13-,15-/m1/s1. The van der Waals surface area contributed by atoms with Gasteiger partial charge in [-0.05, 0) is 28.9 Å². The Morgan fingerprint density at radius 2 is 1.58 bits per heavy atom. The van der Waals surface area contributed by atoms with Crippen LogP contribution in [0.4, 0.5) is 0 Å². The number of allylic oxidation sites excluding steroid dienone is 3. The second-order valence-corrected chi connectivity index (χ2v) is 7.92. The van der Waals surface area contributed by atoms with Gasteiger partial charge in [-0.15, -0.1) is 0 Å². The lowest BCUT2D eigenvalue weighted by Crippen LogP contribution is -2.37. The maximum absolute atomic E-state index is 11.8. The van der Waals surface area contributed by atoms with Crippen LogP contribution in [0.2, 0.25) is 0 Å². The molecule has 110 valence electrons. The first-order valence-electron chi connectivity index (χ1n) is 6.95. The molecule has 0 saturated carbocycles. The van der Waals surface area contributed by atoms with Crippen molar-refractivity contribution in [3.05, 3.63) is 23.3 Å². The Balaban J connectivity index is 3.40. The van der Waals surface area contributed by atoms with Crippen LogP contribution in [0, 0.1) is 23.7 Å². The van der Waals surface area contributed by atoms with Crippen LogP contribution in [0.25, 0.3) is 0 Å². The molecular formula is C15H26O3S. The van der Waals surface area contributed by atoms with Crippen LogP contribution in [-0.4, -0.2) is 18.2 Å². The van der Waals surface area contributed by atoms with Gasteiger partial charge in [-0.1, -0.05) is 53.7 Å². The van der Waals surface area contributed by atoms with Crippen LogP contribution in [0.15, 0.2) is 23.3 Å². The summed E-state index contributed by atoms with van der Waals surface area (Å²) in [5, 5.41) is -0.796. The number of hydrogen-bond donors (Lipinski definition) is 1. The van der Waals surface area contributed by atoms with Crippen LogP contribution in [0.1, 0.15) is 41.5 Å². The summed E-state index contributed by atoms with van der Waals surface area (Å²) in [4.78, 5) is 0. The first kappa shape index (κ1) is 16.4. The zero-order chi connectivity index (χ0) is 15.0. The Hall–Kier alpha value is -0.610. The predicted molar refractivity (Wildman–Crippen MR) is 79.5 cm³/mol. The van der Waals surface area contributed by atoms with Crippen molar-refractivity contribution in [2.45, 2.75) is 46.8 Å². The van der Waals surface area contributed by atoms with Gasteiger partial charge in [0.25, 0.3) is 10.1 Å². The molecule has 0 aromatic carbocycles. The third-order valence-electron chi connectivity index (χ3n) is 3.82. The molecule has 1 rings (SSSR count). The van der Waals surface area contributed by atoms with Crippen molar-refractivity contribution in [3.8, 4) is 0 Å². The van der Waals surface area contributed by atoms with Gasteiger partial charge in [0.05, 0.1) is 0 Å². The minimum absolute atomic E-state index is 0.107. The molecule has 1 aliphatic rings. The average Bonchev–Trinajstić information content (AvgIpc) is 2.25. The van der Waals surface area contributed by atoms with Gasteiger partial charge in [0.2, 0.25) is 0 Å². The Bertz CT molecular complexity index is 482. The van der Waals surface area contributed by atoms with Gasteiger partial charge in [0.1, 0.15) is 5.25 Å². The van der Waals surface area contributed by atoms with E-state index in [2.05, 4.69) is 13.8 Å². The minimum Gasteiger partial charge on any atom is -0.285 e. The molecule has 0 radical (unpaired) electrons. The fraction of sp³-hybridized carbons (Fsp3) is 0.733. The van der Waals surface area contributed by atoms with Crippen molar-refractivity contribution < 1.29 is 13.0 Å².